The highest BCUT2D eigenvalue weighted by Gasteiger charge is 2.41. The van der Waals surface area contributed by atoms with E-state index in [4.69, 9.17) is 5.41 Å². The average molecular weight is 929 g/mol. The van der Waals surface area contributed by atoms with Crippen molar-refractivity contribution >= 4 is 65.5 Å². The number of carbonyl (C=O) groups excluding carboxylic acids is 6. The van der Waals surface area contributed by atoms with Gasteiger partial charge in [0.05, 0.1) is 12.1 Å². The van der Waals surface area contributed by atoms with Crippen molar-refractivity contribution in [2.75, 3.05) is 5.32 Å². The van der Waals surface area contributed by atoms with Crippen molar-refractivity contribution in [1.29, 1.82) is 0 Å². The number of aliphatic carboxylic acids is 1. The third kappa shape index (κ3) is 13.5. The number of phenols is 1. The van der Waals surface area contributed by atoms with Crippen LogP contribution in [0.4, 0.5) is 5.69 Å². The van der Waals surface area contributed by atoms with E-state index >= 15 is 0 Å². The standard InChI is InChI=1S/C54H68N4O8Si/c1-31(2)24-36(27-45(60)44(25-32(3)4)57-49(62)22-23-50(63)64)54(66)58-52(33(5)6)46(61)28-37(26-35-14-18-40(59)19-15-35)53(65)56-39-17-21-43-48(30-39)67(8,9)47-29-38(55)16-20-42(47)51(43)41-13-11-10-12-34(41)7/h10-21,29-33,36-37,44,52,55,59H,22-28H2,1-9H3,(H,56,65)(H,57,62)(H,58,66)(H,63,64)/t36-,37-,44+,52+/m1/s1. The lowest BCUT2D eigenvalue weighted by molar-refractivity contribution is -0.305. The molecule has 1 heterocycles. The predicted octanol–water partition coefficient (Wildman–Crippen LogP) is 5.25. The summed E-state index contributed by atoms with van der Waals surface area (Å²) in [6.45, 7) is 17.9. The Morgan fingerprint density at radius 3 is 2.03 bits per heavy atom. The third-order valence-electron chi connectivity index (χ3n) is 12.7. The number of rotatable bonds is 22. The highest BCUT2D eigenvalue weighted by Crippen LogP contribution is 2.42. The molecule has 0 spiro atoms. The van der Waals surface area contributed by atoms with E-state index in [1.807, 2.05) is 65.8 Å². The van der Waals surface area contributed by atoms with Gasteiger partial charge in [-0.05, 0) is 124 Å². The number of benzene rings is 3. The number of anilines is 1. The Labute approximate surface area is 396 Å². The van der Waals surface area contributed by atoms with Gasteiger partial charge in [-0.25, -0.2) is 0 Å². The number of nitrogens with two attached hydrogens (primary N) is 1. The maximum atomic E-state index is 14.6. The minimum atomic E-state index is -2.39. The van der Waals surface area contributed by atoms with Gasteiger partial charge in [0.25, 0.3) is 0 Å². The van der Waals surface area contributed by atoms with Crippen LogP contribution in [0.3, 0.4) is 0 Å². The maximum Gasteiger partial charge on any atom is 0.228 e. The Kier molecular flexibility index (Phi) is 17.4. The van der Waals surface area contributed by atoms with Crippen LogP contribution in [-0.4, -0.2) is 66.2 Å². The van der Waals surface area contributed by atoms with Crippen molar-refractivity contribution < 1.29 is 44.4 Å². The molecule has 4 atom stereocenters. The smallest absolute Gasteiger partial charge is 0.228 e. The number of carbonyl (C=O) groups is 6. The summed E-state index contributed by atoms with van der Waals surface area (Å²) in [6, 6.07) is 18.9. The first-order chi connectivity index (χ1) is 31.5. The van der Waals surface area contributed by atoms with Crippen LogP contribution in [0.5, 0.6) is 5.75 Å². The molecule has 3 amide bonds. The number of hydrogen-bond donors (Lipinski definition) is 5. The molecule has 13 heteroatoms. The number of aryl methyl sites for hydroxylation is 1. The van der Waals surface area contributed by atoms with Crippen LogP contribution in [-0.2, 0) is 35.2 Å². The molecule has 1 aliphatic carbocycles. The number of hydrogen-bond acceptors (Lipinski definition) is 8. The van der Waals surface area contributed by atoms with Gasteiger partial charge in [-0.15, -0.1) is 0 Å². The molecule has 3 aromatic carbocycles. The number of Topliss-reactive ketones (excluding diaryl/α,β-unsaturated/α-hetero) is 2. The molecule has 0 radical (unpaired) electrons. The van der Waals surface area contributed by atoms with Gasteiger partial charge in [0.15, 0.2) is 17.3 Å². The molecule has 12 nitrogen and oxygen atoms in total. The molecular weight excluding hydrogens is 861 g/mol. The van der Waals surface area contributed by atoms with E-state index in [-0.39, 0.29) is 66.7 Å². The topological polar surface area (TPSA) is 207 Å². The molecule has 2 aliphatic rings. The summed E-state index contributed by atoms with van der Waals surface area (Å²) in [5.74, 6) is -5.50. The quantitative estimate of drug-likeness (QED) is 0.0840. The third-order valence-corrected chi connectivity index (χ3v) is 16.3. The molecule has 0 saturated carbocycles. The number of carboxylic acid groups (broad SMARTS) is 1. The van der Waals surface area contributed by atoms with Crippen LogP contribution in [0.1, 0.15) is 102 Å². The lowest BCUT2D eigenvalue weighted by Gasteiger charge is -2.38. The SMILES string of the molecule is Cc1ccccc1C1=C2C=CC(=[NH2+])C=C2[Si](C)(C)c2cc(NC(=O)[C@@H](CC(=O)[C@@H](NC(=O)[C@@H](CC(=O)[C@H](CC(C)C)NC(=O)CCC(=O)[O-])CC(C)C)C(C)C)Cc3ccc(O)cc3)ccc21. The van der Waals surface area contributed by atoms with Gasteiger partial charge in [-0.1, -0.05) is 97.1 Å². The molecule has 0 bridgehead atoms. The van der Waals surface area contributed by atoms with Gasteiger partial charge >= 0.3 is 0 Å². The van der Waals surface area contributed by atoms with Crippen LogP contribution in [0.15, 0.2) is 95.7 Å². The van der Waals surface area contributed by atoms with Gasteiger partial charge < -0.3 is 31.0 Å². The van der Waals surface area contributed by atoms with Crippen molar-refractivity contribution in [3.05, 3.63) is 118 Å². The lowest BCUT2D eigenvalue weighted by atomic mass is 9.86. The summed E-state index contributed by atoms with van der Waals surface area (Å²) in [7, 11) is -2.39. The van der Waals surface area contributed by atoms with E-state index in [2.05, 4.69) is 72.4 Å². The summed E-state index contributed by atoms with van der Waals surface area (Å²) in [4.78, 5) is 80.6. The van der Waals surface area contributed by atoms with E-state index < -0.39 is 56.2 Å². The van der Waals surface area contributed by atoms with Gasteiger partial charge in [-0.3, -0.25) is 29.4 Å². The van der Waals surface area contributed by atoms with Gasteiger partial charge in [0.1, 0.15) is 13.8 Å². The van der Waals surface area contributed by atoms with Crippen LogP contribution in [0.25, 0.3) is 5.57 Å². The fourth-order valence-corrected chi connectivity index (χ4v) is 12.3. The Morgan fingerprint density at radius 1 is 0.746 bits per heavy atom. The van der Waals surface area contributed by atoms with Gasteiger partial charge in [0.2, 0.25) is 17.7 Å². The fraction of sp³-hybridized carbons (Fsp3) is 0.426. The first-order valence-corrected chi connectivity index (χ1v) is 26.5. The van der Waals surface area contributed by atoms with E-state index in [9.17, 15) is 39.0 Å². The van der Waals surface area contributed by atoms with Gasteiger partial charge in [-0.2, -0.15) is 0 Å². The Morgan fingerprint density at radius 2 is 1.40 bits per heavy atom. The normalized spacial score (nSPS) is 15.8. The maximum absolute atomic E-state index is 14.6. The minimum Gasteiger partial charge on any atom is -0.550 e. The number of aromatic hydroxyl groups is 1. The summed E-state index contributed by atoms with van der Waals surface area (Å²) in [5.41, 5.74) is 7.61. The zero-order valence-electron chi connectivity index (χ0n) is 40.5. The minimum absolute atomic E-state index is 0.00740. The lowest BCUT2D eigenvalue weighted by Crippen LogP contribution is -2.51. The molecule has 1 aliphatic heterocycles. The number of ketones is 2. The highest BCUT2D eigenvalue weighted by molar-refractivity contribution is 6.98. The van der Waals surface area contributed by atoms with E-state index in [1.54, 1.807) is 12.1 Å². The van der Waals surface area contributed by atoms with E-state index in [1.165, 1.54) is 17.3 Å². The zero-order chi connectivity index (χ0) is 49.3. The Bertz CT molecular complexity index is 2480. The molecule has 0 unspecified atom stereocenters. The van der Waals surface area contributed by atoms with Crippen molar-refractivity contribution in [3.8, 4) is 5.75 Å². The monoisotopic (exact) mass is 928 g/mol. The summed E-state index contributed by atoms with van der Waals surface area (Å²) < 4.78 is 0. The largest absolute Gasteiger partial charge is 0.550 e. The zero-order valence-corrected chi connectivity index (χ0v) is 41.5. The fourth-order valence-electron chi connectivity index (χ4n) is 9.23. The van der Waals surface area contributed by atoms with Crippen molar-refractivity contribution in [3.63, 3.8) is 0 Å². The van der Waals surface area contributed by atoms with E-state index in [0.29, 0.717) is 24.2 Å². The van der Waals surface area contributed by atoms with Gasteiger partial charge in [0, 0.05) is 54.9 Å². The summed E-state index contributed by atoms with van der Waals surface area (Å²) in [6.07, 6.45) is 5.71. The number of allylic oxidation sites excluding steroid dienone is 5. The van der Waals surface area contributed by atoms with Crippen LogP contribution >= 0.6 is 0 Å². The molecule has 6 N–H and O–H groups in total. The van der Waals surface area contributed by atoms with Crippen molar-refractivity contribution in [1.82, 2.24) is 10.6 Å². The van der Waals surface area contributed by atoms with E-state index in [0.717, 1.165) is 38.6 Å². The molecular formula is C54H68N4O8Si. The second kappa shape index (κ2) is 22.5. The molecule has 5 rings (SSSR count). The highest BCUT2D eigenvalue weighted by atomic mass is 28.3. The Balaban J connectivity index is 1.41. The number of carboxylic acids is 1. The number of amides is 3. The molecule has 3 aromatic rings. The second-order valence-electron chi connectivity index (χ2n) is 20.0. The van der Waals surface area contributed by atoms with Crippen molar-refractivity contribution in [2.45, 2.75) is 119 Å². The molecule has 0 aromatic heterocycles. The van der Waals surface area contributed by atoms with Crippen LogP contribution in [0, 0.1) is 36.5 Å². The molecule has 356 valence electrons. The number of fused-ring (bicyclic) bond motifs is 2. The first kappa shape index (κ1) is 51.8. The average Bonchev–Trinajstić information content (AvgIpc) is 3.25. The second-order valence-corrected chi connectivity index (χ2v) is 24.3. The van der Waals surface area contributed by atoms with Crippen LogP contribution < -0.4 is 31.7 Å². The Hall–Kier alpha value is -6.21. The summed E-state index contributed by atoms with van der Waals surface area (Å²) in [5, 5.41) is 38.5. The molecule has 0 saturated heterocycles. The van der Waals surface area contributed by atoms with Crippen molar-refractivity contribution in [2.24, 2.45) is 29.6 Å². The number of phenolic OH excluding ortho intramolecular Hbond substituents is 1. The summed E-state index contributed by atoms with van der Waals surface area (Å²) >= 11 is 0. The number of nitrogens with one attached hydrogen (secondary N) is 3. The first-order valence-electron chi connectivity index (χ1n) is 23.5. The molecule has 0 fully saturated rings. The predicted molar refractivity (Wildman–Crippen MR) is 263 cm³/mol. The molecule has 67 heavy (non-hydrogen) atoms. The van der Waals surface area contributed by atoms with Crippen LogP contribution in [0.2, 0.25) is 13.1 Å².